The van der Waals surface area contributed by atoms with Crippen LogP contribution in [-0.2, 0) is 4.74 Å². The van der Waals surface area contributed by atoms with E-state index >= 15 is 0 Å². The van der Waals surface area contributed by atoms with Crippen molar-refractivity contribution in [3.63, 3.8) is 0 Å². The summed E-state index contributed by atoms with van der Waals surface area (Å²) >= 11 is 5.74. The summed E-state index contributed by atoms with van der Waals surface area (Å²) in [4.78, 5) is 25.8. The molecule has 1 aromatic heterocycles. The molecular weight excluding hydrogens is 256 g/mol. The van der Waals surface area contributed by atoms with Crippen molar-refractivity contribution in [2.45, 2.75) is 32.2 Å². The van der Waals surface area contributed by atoms with Crippen molar-refractivity contribution >= 4 is 23.4 Å². The molecule has 0 aromatic carbocycles. The van der Waals surface area contributed by atoms with E-state index in [1.165, 1.54) is 6.07 Å². The maximum atomic E-state index is 11.8. The standard InChI is InChI=1S/C12H15ClN2O3/c1-2-18-12(17)8-6-9(13)11(16)15-10(8)14-7-4-3-5-7/h6-7H,2-5H2,1H3,(H2,14,15,16). The zero-order chi connectivity index (χ0) is 13.1. The molecule has 0 unspecified atom stereocenters. The smallest absolute Gasteiger partial charge is 0.341 e. The number of nitrogens with one attached hydrogen (secondary N) is 2. The Morgan fingerprint density at radius 3 is 2.89 bits per heavy atom. The van der Waals surface area contributed by atoms with Crippen molar-refractivity contribution in [2.24, 2.45) is 0 Å². The summed E-state index contributed by atoms with van der Waals surface area (Å²) in [5.74, 6) is -0.0926. The van der Waals surface area contributed by atoms with Gasteiger partial charge in [0.15, 0.2) is 0 Å². The average molecular weight is 271 g/mol. The third-order valence-corrected chi connectivity index (χ3v) is 3.23. The first-order valence-electron chi connectivity index (χ1n) is 5.98. The Morgan fingerprint density at radius 1 is 1.61 bits per heavy atom. The molecule has 0 spiro atoms. The maximum absolute atomic E-state index is 11.8. The molecule has 2 N–H and O–H groups in total. The third kappa shape index (κ3) is 2.67. The van der Waals surface area contributed by atoms with Crippen molar-refractivity contribution in [1.82, 2.24) is 4.98 Å². The summed E-state index contributed by atoms with van der Waals surface area (Å²) in [7, 11) is 0. The summed E-state index contributed by atoms with van der Waals surface area (Å²) in [5.41, 5.74) is -0.139. The van der Waals surface area contributed by atoms with Gasteiger partial charge in [0.2, 0.25) is 0 Å². The van der Waals surface area contributed by atoms with Crippen molar-refractivity contribution < 1.29 is 9.53 Å². The molecule has 1 fully saturated rings. The van der Waals surface area contributed by atoms with Crippen LogP contribution < -0.4 is 10.9 Å². The number of rotatable bonds is 4. The number of anilines is 1. The van der Waals surface area contributed by atoms with Crippen LogP contribution in [0, 0.1) is 0 Å². The van der Waals surface area contributed by atoms with Gasteiger partial charge in [0.25, 0.3) is 5.56 Å². The van der Waals surface area contributed by atoms with Gasteiger partial charge in [0.1, 0.15) is 16.4 Å². The van der Waals surface area contributed by atoms with Crippen LogP contribution in [0.4, 0.5) is 5.82 Å². The molecule has 6 heteroatoms. The minimum Gasteiger partial charge on any atom is -0.462 e. The monoisotopic (exact) mass is 270 g/mol. The third-order valence-electron chi connectivity index (χ3n) is 2.94. The van der Waals surface area contributed by atoms with Gasteiger partial charge in [-0.25, -0.2) is 4.79 Å². The Kier molecular flexibility index (Phi) is 3.91. The van der Waals surface area contributed by atoms with Crippen LogP contribution in [0.1, 0.15) is 36.5 Å². The van der Waals surface area contributed by atoms with E-state index in [9.17, 15) is 9.59 Å². The minimum absolute atomic E-state index is 0.0165. The zero-order valence-corrected chi connectivity index (χ0v) is 10.8. The molecule has 1 aliphatic rings. The second-order valence-electron chi connectivity index (χ2n) is 4.23. The molecule has 1 heterocycles. The number of hydrogen-bond acceptors (Lipinski definition) is 4. The Morgan fingerprint density at radius 2 is 2.33 bits per heavy atom. The van der Waals surface area contributed by atoms with E-state index in [-0.39, 0.29) is 17.2 Å². The van der Waals surface area contributed by atoms with Crippen molar-refractivity contribution in [1.29, 1.82) is 0 Å². The Labute approximate surface area is 109 Å². The van der Waals surface area contributed by atoms with Crippen molar-refractivity contribution in [3.8, 4) is 0 Å². The van der Waals surface area contributed by atoms with Crippen LogP contribution in [0.2, 0.25) is 5.02 Å². The molecule has 0 amide bonds. The highest BCUT2D eigenvalue weighted by Gasteiger charge is 2.22. The van der Waals surface area contributed by atoms with E-state index in [0.29, 0.717) is 11.9 Å². The number of aromatic amines is 1. The van der Waals surface area contributed by atoms with E-state index in [4.69, 9.17) is 16.3 Å². The van der Waals surface area contributed by atoms with Gasteiger partial charge < -0.3 is 15.0 Å². The number of halogens is 1. The van der Waals surface area contributed by atoms with E-state index < -0.39 is 11.5 Å². The fraction of sp³-hybridized carbons (Fsp3) is 0.500. The first-order chi connectivity index (χ1) is 8.61. The van der Waals surface area contributed by atoms with Gasteiger partial charge in [-0.3, -0.25) is 4.79 Å². The largest absolute Gasteiger partial charge is 0.462 e. The molecule has 0 saturated heterocycles. The summed E-state index contributed by atoms with van der Waals surface area (Å²) in [6.07, 6.45) is 3.23. The van der Waals surface area contributed by atoms with Gasteiger partial charge >= 0.3 is 5.97 Å². The molecule has 98 valence electrons. The lowest BCUT2D eigenvalue weighted by molar-refractivity contribution is 0.0527. The fourth-order valence-electron chi connectivity index (χ4n) is 1.75. The Bertz CT molecular complexity index is 509. The molecule has 0 atom stereocenters. The predicted octanol–water partition coefficient (Wildman–Crippen LogP) is 2.17. The molecule has 2 rings (SSSR count). The molecule has 1 saturated carbocycles. The number of esters is 1. The van der Waals surface area contributed by atoms with Crippen molar-refractivity contribution in [3.05, 3.63) is 27.0 Å². The molecule has 0 aliphatic heterocycles. The summed E-state index contributed by atoms with van der Waals surface area (Å²) < 4.78 is 4.94. The summed E-state index contributed by atoms with van der Waals surface area (Å²) in [6.45, 7) is 2.00. The molecule has 0 bridgehead atoms. The van der Waals surface area contributed by atoms with Crippen LogP contribution in [0.15, 0.2) is 10.9 Å². The van der Waals surface area contributed by atoms with E-state index in [2.05, 4.69) is 10.3 Å². The molecule has 5 nitrogen and oxygen atoms in total. The molecule has 0 radical (unpaired) electrons. The number of carbonyl (C=O) groups excluding carboxylic acids is 1. The number of pyridine rings is 1. The van der Waals surface area contributed by atoms with Crippen LogP contribution in [0.3, 0.4) is 0 Å². The van der Waals surface area contributed by atoms with E-state index in [1.54, 1.807) is 6.92 Å². The zero-order valence-electron chi connectivity index (χ0n) is 10.1. The molecular formula is C12H15ClN2O3. The van der Waals surface area contributed by atoms with Crippen LogP contribution in [0.25, 0.3) is 0 Å². The van der Waals surface area contributed by atoms with Gasteiger partial charge in [0, 0.05) is 6.04 Å². The fourth-order valence-corrected chi connectivity index (χ4v) is 1.90. The number of carbonyl (C=O) groups is 1. The van der Waals surface area contributed by atoms with E-state index in [1.807, 2.05) is 0 Å². The highest BCUT2D eigenvalue weighted by Crippen LogP contribution is 2.24. The molecule has 1 aromatic rings. The highest BCUT2D eigenvalue weighted by atomic mass is 35.5. The van der Waals surface area contributed by atoms with Crippen LogP contribution in [0.5, 0.6) is 0 Å². The summed E-state index contributed by atoms with van der Waals surface area (Å²) in [6, 6.07) is 1.65. The maximum Gasteiger partial charge on any atom is 0.341 e. The Balaban J connectivity index is 2.31. The van der Waals surface area contributed by atoms with E-state index in [0.717, 1.165) is 19.3 Å². The number of H-pyrrole nitrogens is 1. The van der Waals surface area contributed by atoms with Crippen LogP contribution >= 0.6 is 11.6 Å². The normalized spacial score (nSPS) is 15.0. The molecule has 1 aliphatic carbocycles. The van der Waals surface area contributed by atoms with Gasteiger partial charge in [-0.2, -0.15) is 0 Å². The lowest BCUT2D eigenvalue weighted by Crippen LogP contribution is -2.30. The van der Waals surface area contributed by atoms with Gasteiger partial charge in [-0.15, -0.1) is 0 Å². The van der Waals surface area contributed by atoms with Gasteiger partial charge in [-0.1, -0.05) is 11.6 Å². The van der Waals surface area contributed by atoms with Crippen molar-refractivity contribution in [2.75, 3.05) is 11.9 Å². The predicted molar refractivity (Wildman–Crippen MR) is 69.3 cm³/mol. The number of aromatic nitrogens is 1. The van der Waals surface area contributed by atoms with Gasteiger partial charge in [-0.05, 0) is 32.3 Å². The number of hydrogen-bond donors (Lipinski definition) is 2. The first kappa shape index (κ1) is 13.0. The average Bonchev–Trinajstić information content (AvgIpc) is 2.28. The quantitative estimate of drug-likeness (QED) is 0.823. The Hall–Kier alpha value is -1.49. The number of ether oxygens (including phenoxy) is 1. The SMILES string of the molecule is CCOC(=O)c1cc(Cl)c(=O)[nH]c1NC1CCC1. The highest BCUT2D eigenvalue weighted by molar-refractivity contribution is 6.30. The minimum atomic E-state index is -0.488. The second-order valence-corrected chi connectivity index (χ2v) is 4.63. The lowest BCUT2D eigenvalue weighted by Gasteiger charge is -2.27. The first-order valence-corrected chi connectivity index (χ1v) is 6.36. The topological polar surface area (TPSA) is 71.2 Å². The molecule has 18 heavy (non-hydrogen) atoms. The lowest BCUT2D eigenvalue weighted by atomic mass is 9.93. The van der Waals surface area contributed by atoms with Gasteiger partial charge in [0.05, 0.1) is 6.61 Å². The summed E-state index contributed by atoms with van der Waals surface area (Å²) in [5, 5.41) is 3.12. The van der Waals surface area contributed by atoms with Crippen LogP contribution in [-0.4, -0.2) is 23.6 Å². The second kappa shape index (κ2) is 5.44.